The molecular weight excluding hydrogens is 294 g/mol. The smallest absolute Gasteiger partial charge is 0.407 e. The van der Waals surface area contributed by atoms with Crippen LogP contribution in [0.25, 0.3) is 0 Å². The summed E-state index contributed by atoms with van der Waals surface area (Å²) in [5.41, 5.74) is 1.86. The van der Waals surface area contributed by atoms with Crippen LogP contribution in [0.4, 0.5) is 4.79 Å². The minimum Gasteiger partial charge on any atom is -0.465 e. The Kier molecular flexibility index (Phi) is 4.10. The third-order valence-electron chi connectivity index (χ3n) is 4.87. The summed E-state index contributed by atoms with van der Waals surface area (Å²) in [5.74, 6) is 0. The van der Waals surface area contributed by atoms with Crippen molar-refractivity contribution in [2.75, 3.05) is 19.8 Å². The van der Waals surface area contributed by atoms with Gasteiger partial charge in [0.05, 0.1) is 13.2 Å². The highest BCUT2D eigenvalue weighted by molar-refractivity contribution is 5.66. The fourth-order valence-corrected chi connectivity index (χ4v) is 3.67. The number of hydrogen-bond acceptors (Lipinski definition) is 3. The molecule has 1 heterocycles. The molecule has 1 N–H and O–H groups in total. The summed E-state index contributed by atoms with van der Waals surface area (Å²) in [6, 6.07) is 8.28. The first-order valence-electron chi connectivity index (χ1n) is 8.14. The van der Waals surface area contributed by atoms with Crippen molar-refractivity contribution < 1.29 is 19.4 Å². The number of nitrogens with zero attached hydrogens (tertiary/aromatic N) is 1. The van der Waals surface area contributed by atoms with Crippen LogP contribution in [-0.4, -0.2) is 47.7 Å². The maximum Gasteiger partial charge on any atom is 0.407 e. The molecule has 1 amide bonds. The molecule has 1 aromatic rings. The van der Waals surface area contributed by atoms with Gasteiger partial charge in [0, 0.05) is 23.9 Å². The van der Waals surface area contributed by atoms with Crippen LogP contribution in [0.15, 0.2) is 24.3 Å². The number of carbonyl (C=O) groups is 1. The van der Waals surface area contributed by atoms with Gasteiger partial charge in [-0.25, -0.2) is 4.79 Å². The monoisotopic (exact) mass is 319 g/mol. The summed E-state index contributed by atoms with van der Waals surface area (Å²) in [6.07, 6.45) is 0.448. The number of carboxylic acid groups (broad SMARTS) is 1. The Morgan fingerprint density at radius 2 is 1.96 bits per heavy atom. The Bertz CT molecular complexity index is 589. The number of benzene rings is 1. The fourth-order valence-electron chi connectivity index (χ4n) is 3.67. The third-order valence-corrected chi connectivity index (χ3v) is 4.87. The lowest BCUT2D eigenvalue weighted by Gasteiger charge is -2.49. The molecule has 1 aliphatic carbocycles. The van der Waals surface area contributed by atoms with Gasteiger partial charge in [0.25, 0.3) is 0 Å². The van der Waals surface area contributed by atoms with Crippen molar-refractivity contribution in [1.82, 2.24) is 4.90 Å². The van der Waals surface area contributed by atoms with Crippen LogP contribution < -0.4 is 0 Å². The predicted molar refractivity (Wildman–Crippen MR) is 86.6 cm³/mol. The van der Waals surface area contributed by atoms with Crippen LogP contribution in [-0.2, 0) is 21.3 Å². The van der Waals surface area contributed by atoms with Crippen molar-refractivity contribution in [1.29, 1.82) is 0 Å². The molecule has 1 saturated heterocycles. The van der Waals surface area contributed by atoms with E-state index in [2.05, 4.69) is 12.1 Å². The van der Waals surface area contributed by atoms with Gasteiger partial charge in [-0.3, -0.25) is 0 Å². The molecule has 0 bridgehead atoms. The Balaban J connectivity index is 1.89. The van der Waals surface area contributed by atoms with Gasteiger partial charge in [-0.15, -0.1) is 0 Å². The van der Waals surface area contributed by atoms with Crippen molar-refractivity contribution in [3.63, 3.8) is 0 Å². The van der Waals surface area contributed by atoms with Crippen molar-refractivity contribution in [2.24, 2.45) is 0 Å². The van der Waals surface area contributed by atoms with Crippen LogP contribution in [0.2, 0.25) is 0 Å². The van der Waals surface area contributed by atoms with Gasteiger partial charge in [0.15, 0.2) is 6.29 Å². The van der Waals surface area contributed by atoms with Gasteiger partial charge >= 0.3 is 6.09 Å². The molecule has 23 heavy (non-hydrogen) atoms. The molecule has 126 valence electrons. The van der Waals surface area contributed by atoms with Gasteiger partial charge in [0.2, 0.25) is 0 Å². The van der Waals surface area contributed by atoms with Crippen molar-refractivity contribution in [3.05, 3.63) is 35.4 Å². The maximum atomic E-state index is 11.8. The van der Waals surface area contributed by atoms with Crippen LogP contribution in [0.3, 0.4) is 0 Å². The largest absolute Gasteiger partial charge is 0.465 e. The highest BCUT2D eigenvalue weighted by atomic mass is 16.7. The molecule has 1 atom stereocenters. The second-order valence-electron chi connectivity index (χ2n) is 7.53. The van der Waals surface area contributed by atoms with Gasteiger partial charge in [-0.05, 0) is 38.3 Å². The van der Waals surface area contributed by atoms with E-state index < -0.39 is 11.6 Å². The summed E-state index contributed by atoms with van der Waals surface area (Å²) in [7, 11) is 0. The zero-order valence-corrected chi connectivity index (χ0v) is 14.0. The van der Waals surface area contributed by atoms with Crippen LogP contribution >= 0.6 is 0 Å². The van der Waals surface area contributed by atoms with Crippen LogP contribution in [0.1, 0.15) is 38.3 Å². The first kappa shape index (κ1) is 16.3. The molecule has 0 aromatic heterocycles. The van der Waals surface area contributed by atoms with E-state index in [1.807, 2.05) is 32.9 Å². The first-order chi connectivity index (χ1) is 10.8. The zero-order chi connectivity index (χ0) is 16.7. The summed E-state index contributed by atoms with van der Waals surface area (Å²) in [4.78, 5) is 13.3. The Hall–Kier alpha value is -1.59. The van der Waals surface area contributed by atoms with Crippen molar-refractivity contribution in [3.8, 4) is 0 Å². The van der Waals surface area contributed by atoms with E-state index >= 15 is 0 Å². The minimum absolute atomic E-state index is 0.225. The summed E-state index contributed by atoms with van der Waals surface area (Å²) in [5, 5.41) is 9.66. The lowest BCUT2D eigenvalue weighted by atomic mass is 9.61. The molecule has 1 fully saturated rings. The maximum absolute atomic E-state index is 11.8. The molecule has 2 aliphatic rings. The second-order valence-corrected chi connectivity index (χ2v) is 7.53. The van der Waals surface area contributed by atoms with Gasteiger partial charge < -0.3 is 19.5 Å². The second kappa shape index (κ2) is 5.80. The molecular formula is C18H25NO4. The molecule has 0 spiro atoms. The van der Waals surface area contributed by atoms with Gasteiger partial charge in [-0.2, -0.15) is 0 Å². The quantitative estimate of drug-likeness (QED) is 0.927. The van der Waals surface area contributed by atoms with E-state index in [1.54, 1.807) is 0 Å². The lowest BCUT2D eigenvalue weighted by Crippen LogP contribution is -2.56. The van der Waals surface area contributed by atoms with Crippen molar-refractivity contribution >= 4 is 6.09 Å². The number of rotatable bonds is 4. The van der Waals surface area contributed by atoms with E-state index in [0.29, 0.717) is 26.2 Å². The topological polar surface area (TPSA) is 59.0 Å². The fraction of sp³-hybridized carbons (Fsp3) is 0.611. The molecule has 1 unspecified atom stereocenters. The Labute approximate surface area is 137 Å². The molecule has 1 aliphatic heterocycles. The van der Waals surface area contributed by atoms with Crippen molar-refractivity contribution in [2.45, 2.75) is 50.9 Å². The highest BCUT2D eigenvalue weighted by Gasteiger charge is 2.48. The molecule has 5 heteroatoms. The molecule has 0 saturated carbocycles. The average molecular weight is 319 g/mol. The highest BCUT2D eigenvalue weighted by Crippen LogP contribution is 2.46. The van der Waals surface area contributed by atoms with E-state index in [9.17, 15) is 9.90 Å². The molecule has 1 aromatic carbocycles. The first-order valence-corrected chi connectivity index (χ1v) is 8.14. The SMILES string of the molecule is CC(C)(C)N(CC1(CC2OCCO2)Cc2ccccc21)C(=O)O. The number of hydrogen-bond donors (Lipinski definition) is 1. The van der Waals surface area contributed by atoms with Crippen LogP contribution in [0, 0.1) is 0 Å². The van der Waals surface area contributed by atoms with Gasteiger partial charge in [0.1, 0.15) is 0 Å². The normalized spacial score (nSPS) is 24.1. The van der Waals surface area contributed by atoms with Crippen LogP contribution in [0.5, 0.6) is 0 Å². The van der Waals surface area contributed by atoms with Gasteiger partial charge in [-0.1, -0.05) is 24.3 Å². The average Bonchev–Trinajstić information content (AvgIpc) is 2.94. The lowest BCUT2D eigenvalue weighted by molar-refractivity contribution is -0.0694. The zero-order valence-electron chi connectivity index (χ0n) is 14.0. The summed E-state index contributed by atoms with van der Waals surface area (Å²) < 4.78 is 11.3. The summed E-state index contributed by atoms with van der Waals surface area (Å²) >= 11 is 0. The third kappa shape index (κ3) is 3.08. The predicted octanol–water partition coefficient (Wildman–Crippen LogP) is 3.02. The van der Waals surface area contributed by atoms with E-state index in [-0.39, 0.29) is 11.7 Å². The number of fused-ring (bicyclic) bond motifs is 1. The molecule has 0 radical (unpaired) electrons. The standard InChI is InChI=1S/C18H25NO4/c1-17(2,3)19(16(20)21)12-18(11-15-22-8-9-23-15)10-13-6-4-5-7-14(13)18/h4-7,15H,8-12H2,1-3H3,(H,20,21). The summed E-state index contributed by atoms with van der Waals surface area (Å²) in [6.45, 7) is 7.49. The number of ether oxygens (including phenoxy) is 2. The van der Waals surface area contributed by atoms with E-state index in [1.165, 1.54) is 16.0 Å². The molecule has 5 nitrogen and oxygen atoms in total. The Morgan fingerprint density at radius 3 is 2.52 bits per heavy atom. The van der Waals surface area contributed by atoms with E-state index in [4.69, 9.17) is 9.47 Å². The molecule has 3 rings (SSSR count). The van der Waals surface area contributed by atoms with E-state index in [0.717, 1.165) is 6.42 Å². The minimum atomic E-state index is -0.880. The number of amides is 1. The Morgan fingerprint density at radius 1 is 1.30 bits per heavy atom.